The molecular weight excluding hydrogens is 366 g/mol. The molecule has 1 heterocycles. The summed E-state index contributed by atoms with van der Waals surface area (Å²) >= 11 is 0. The number of amides is 1. The van der Waals surface area contributed by atoms with Crippen LogP contribution in [0.15, 0.2) is 54.7 Å². The van der Waals surface area contributed by atoms with Crippen LogP contribution in [0.3, 0.4) is 0 Å². The number of hydrogen-bond acceptors (Lipinski definition) is 5. The second kappa shape index (κ2) is 10.7. The molecule has 0 saturated carbocycles. The molecule has 0 saturated heterocycles. The highest BCUT2D eigenvalue weighted by Crippen LogP contribution is 2.18. The summed E-state index contributed by atoms with van der Waals surface area (Å²) in [6.07, 6.45) is 3.47. The molecule has 0 aliphatic carbocycles. The zero-order valence-corrected chi connectivity index (χ0v) is 17.4. The second-order valence-electron chi connectivity index (χ2n) is 8.08. The fourth-order valence-corrected chi connectivity index (χ4v) is 2.93. The van der Waals surface area contributed by atoms with Gasteiger partial charge in [-0.3, -0.25) is 14.6 Å². The van der Waals surface area contributed by atoms with Crippen molar-refractivity contribution in [3.05, 3.63) is 66.0 Å². The number of pyridine rings is 1. The molecule has 1 aromatic heterocycles. The first-order chi connectivity index (χ1) is 13.7. The average molecular weight is 398 g/mol. The summed E-state index contributed by atoms with van der Waals surface area (Å²) in [7, 11) is 0. The van der Waals surface area contributed by atoms with Gasteiger partial charge < -0.3 is 15.8 Å². The number of nitrogens with two attached hydrogens (primary N) is 1. The molecule has 0 aliphatic heterocycles. The Hall–Kier alpha value is -2.73. The molecule has 0 spiro atoms. The minimum atomic E-state index is -0.688. The van der Waals surface area contributed by atoms with Crippen molar-refractivity contribution in [3.8, 4) is 0 Å². The fourth-order valence-electron chi connectivity index (χ4n) is 2.93. The number of aromatic nitrogens is 1. The van der Waals surface area contributed by atoms with Gasteiger partial charge in [0.2, 0.25) is 5.91 Å². The summed E-state index contributed by atoms with van der Waals surface area (Å²) in [4.78, 5) is 28.8. The van der Waals surface area contributed by atoms with Crippen LogP contribution >= 0.6 is 0 Å². The Labute approximate surface area is 172 Å². The fraction of sp³-hybridized carbons (Fsp3) is 0.435. The highest BCUT2D eigenvalue weighted by Gasteiger charge is 2.21. The standard InChI is InChI=1S/C23H31N3O3/c1-23(2,3)29-21(27)14-9-13-19(24)22(28)26-20(17-10-5-4-6-11-17)16-18-12-7-8-15-25-18/h4-8,10-12,15,19-20H,9,13-14,16,24H2,1-3H3,(H,26,28)/t19-,20-/m0/s1. The number of carbonyl (C=O) groups excluding carboxylic acids is 2. The van der Waals surface area contributed by atoms with Crippen LogP contribution in [0, 0.1) is 0 Å². The topological polar surface area (TPSA) is 94.3 Å². The highest BCUT2D eigenvalue weighted by molar-refractivity contribution is 5.82. The van der Waals surface area contributed by atoms with Crippen LogP contribution < -0.4 is 11.1 Å². The van der Waals surface area contributed by atoms with Crippen LogP contribution in [0.1, 0.15) is 57.3 Å². The molecule has 0 fully saturated rings. The zero-order valence-electron chi connectivity index (χ0n) is 17.4. The predicted molar refractivity (Wildman–Crippen MR) is 113 cm³/mol. The number of esters is 1. The highest BCUT2D eigenvalue weighted by atomic mass is 16.6. The van der Waals surface area contributed by atoms with Crippen molar-refractivity contribution >= 4 is 11.9 Å². The van der Waals surface area contributed by atoms with Gasteiger partial charge in [-0.2, -0.15) is 0 Å². The van der Waals surface area contributed by atoms with Crippen LogP contribution in [0.25, 0.3) is 0 Å². The lowest BCUT2D eigenvalue weighted by molar-refractivity contribution is -0.155. The number of hydrogen-bond donors (Lipinski definition) is 2. The van der Waals surface area contributed by atoms with Gasteiger partial charge in [0, 0.05) is 24.7 Å². The Morgan fingerprint density at radius 2 is 1.79 bits per heavy atom. The SMILES string of the molecule is CC(C)(C)OC(=O)CCC[C@H](N)C(=O)N[C@@H](Cc1ccccn1)c1ccccc1. The third-order valence-electron chi connectivity index (χ3n) is 4.31. The van der Waals surface area contributed by atoms with Gasteiger partial charge in [-0.15, -0.1) is 0 Å². The Bertz CT molecular complexity index is 773. The lowest BCUT2D eigenvalue weighted by Gasteiger charge is -2.22. The van der Waals surface area contributed by atoms with E-state index in [1.807, 2.05) is 69.3 Å². The number of carbonyl (C=O) groups is 2. The van der Waals surface area contributed by atoms with Crippen LogP contribution in [0.5, 0.6) is 0 Å². The smallest absolute Gasteiger partial charge is 0.306 e. The van der Waals surface area contributed by atoms with Gasteiger partial charge in [0.05, 0.1) is 12.1 Å². The lowest BCUT2D eigenvalue weighted by atomic mass is 10.0. The molecule has 1 aromatic carbocycles. The Morgan fingerprint density at radius 3 is 2.41 bits per heavy atom. The maximum Gasteiger partial charge on any atom is 0.306 e. The van der Waals surface area contributed by atoms with Crippen molar-refractivity contribution in [2.75, 3.05) is 0 Å². The molecule has 0 aliphatic rings. The summed E-state index contributed by atoms with van der Waals surface area (Å²) in [5.41, 5.74) is 7.44. The van der Waals surface area contributed by atoms with Gasteiger partial charge in [-0.1, -0.05) is 36.4 Å². The van der Waals surface area contributed by atoms with Crippen molar-refractivity contribution in [1.82, 2.24) is 10.3 Å². The molecule has 1 amide bonds. The normalized spacial score (nSPS) is 13.4. The van der Waals surface area contributed by atoms with E-state index in [9.17, 15) is 9.59 Å². The van der Waals surface area contributed by atoms with Gasteiger partial charge in [-0.25, -0.2) is 0 Å². The molecule has 0 radical (unpaired) electrons. The predicted octanol–water partition coefficient (Wildman–Crippen LogP) is 3.32. The Morgan fingerprint density at radius 1 is 1.10 bits per heavy atom. The first-order valence-electron chi connectivity index (χ1n) is 9.97. The molecule has 156 valence electrons. The molecule has 0 bridgehead atoms. The van der Waals surface area contributed by atoms with E-state index in [4.69, 9.17) is 10.5 Å². The van der Waals surface area contributed by atoms with E-state index in [2.05, 4.69) is 10.3 Å². The maximum atomic E-state index is 12.6. The number of nitrogens with one attached hydrogen (secondary N) is 1. The largest absolute Gasteiger partial charge is 0.460 e. The molecule has 29 heavy (non-hydrogen) atoms. The van der Waals surface area contributed by atoms with Crippen LogP contribution in [-0.2, 0) is 20.7 Å². The molecule has 0 unspecified atom stereocenters. The van der Waals surface area contributed by atoms with Crippen molar-refractivity contribution in [3.63, 3.8) is 0 Å². The van der Waals surface area contributed by atoms with E-state index in [-0.39, 0.29) is 24.3 Å². The number of nitrogens with zero attached hydrogens (tertiary/aromatic N) is 1. The van der Waals surface area contributed by atoms with E-state index < -0.39 is 11.6 Å². The second-order valence-corrected chi connectivity index (χ2v) is 8.08. The third kappa shape index (κ3) is 8.44. The van der Waals surface area contributed by atoms with E-state index in [0.717, 1.165) is 11.3 Å². The van der Waals surface area contributed by atoms with E-state index in [0.29, 0.717) is 19.3 Å². The first kappa shape index (κ1) is 22.6. The molecular formula is C23H31N3O3. The van der Waals surface area contributed by atoms with Gasteiger partial charge in [-0.05, 0) is 51.3 Å². The van der Waals surface area contributed by atoms with Crippen molar-refractivity contribution in [1.29, 1.82) is 0 Å². The average Bonchev–Trinajstić information content (AvgIpc) is 2.67. The van der Waals surface area contributed by atoms with Gasteiger partial charge in [0.25, 0.3) is 0 Å². The minimum absolute atomic E-state index is 0.226. The van der Waals surface area contributed by atoms with E-state index in [1.54, 1.807) is 6.20 Å². The lowest BCUT2D eigenvalue weighted by Crippen LogP contribution is -2.42. The molecule has 6 heteroatoms. The summed E-state index contributed by atoms with van der Waals surface area (Å²) in [6.45, 7) is 5.49. The molecule has 2 aromatic rings. The minimum Gasteiger partial charge on any atom is -0.460 e. The summed E-state index contributed by atoms with van der Waals surface area (Å²) < 4.78 is 5.28. The quantitative estimate of drug-likeness (QED) is 0.633. The van der Waals surface area contributed by atoms with E-state index in [1.165, 1.54) is 0 Å². The molecule has 2 atom stereocenters. The van der Waals surface area contributed by atoms with Gasteiger partial charge in [0.15, 0.2) is 0 Å². The van der Waals surface area contributed by atoms with Crippen LogP contribution in [0.2, 0.25) is 0 Å². The third-order valence-corrected chi connectivity index (χ3v) is 4.31. The van der Waals surface area contributed by atoms with E-state index >= 15 is 0 Å². The van der Waals surface area contributed by atoms with Crippen LogP contribution in [-0.4, -0.2) is 28.5 Å². The van der Waals surface area contributed by atoms with Crippen molar-refractivity contribution in [2.24, 2.45) is 5.73 Å². The van der Waals surface area contributed by atoms with Gasteiger partial charge in [0.1, 0.15) is 5.60 Å². The number of rotatable bonds is 9. The first-order valence-corrected chi connectivity index (χ1v) is 9.97. The number of benzene rings is 1. The molecule has 3 N–H and O–H groups in total. The van der Waals surface area contributed by atoms with Crippen molar-refractivity contribution in [2.45, 2.75) is 64.1 Å². The maximum absolute atomic E-state index is 12.6. The Balaban J connectivity index is 1.92. The molecule has 6 nitrogen and oxygen atoms in total. The zero-order chi connectivity index (χ0) is 21.3. The summed E-state index contributed by atoms with van der Waals surface area (Å²) in [5, 5.41) is 3.04. The summed E-state index contributed by atoms with van der Waals surface area (Å²) in [6, 6.07) is 14.6. The summed E-state index contributed by atoms with van der Waals surface area (Å²) in [5.74, 6) is -0.513. The molecule has 2 rings (SSSR count). The van der Waals surface area contributed by atoms with Crippen LogP contribution in [0.4, 0.5) is 0 Å². The van der Waals surface area contributed by atoms with Gasteiger partial charge >= 0.3 is 5.97 Å². The monoisotopic (exact) mass is 397 g/mol. The Kier molecular flexibility index (Phi) is 8.34. The number of ether oxygens (including phenoxy) is 1. The van der Waals surface area contributed by atoms with Crippen molar-refractivity contribution < 1.29 is 14.3 Å².